The van der Waals surface area contributed by atoms with Crippen LogP contribution in [0.5, 0.6) is 5.75 Å². The number of fused-ring (bicyclic) bond motifs is 2. The Balaban J connectivity index is 0.00000110. The van der Waals surface area contributed by atoms with E-state index in [0.717, 1.165) is 12.2 Å². The monoisotopic (exact) mass is 282 g/mol. The highest BCUT2D eigenvalue weighted by Crippen LogP contribution is 2.35. The summed E-state index contributed by atoms with van der Waals surface area (Å²) in [7, 11) is 0. The van der Waals surface area contributed by atoms with Gasteiger partial charge in [0, 0.05) is 10.8 Å². The first kappa shape index (κ1) is 17.0. The standard InChI is InChI=1S/C18H18O.2CH4/c1-3-13(2)19-18-16-10-6-4-8-14(16)12-15-9-5-7-11-17(15)18;;/h4-13H,3H2,1-2H3;2*1H4. The summed E-state index contributed by atoms with van der Waals surface area (Å²) in [5.41, 5.74) is 0. The zero-order valence-electron chi connectivity index (χ0n) is 11.4. The normalized spacial score (nSPS) is 11.5. The highest BCUT2D eigenvalue weighted by Gasteiger charge is 2.10. The van der Waals surface area contributed by atoms with E-state index in [1.807, 2.05) is 0 Å². The van der Waals surface area contributed by atoms with E-state index < -0.39 is 0 Å². The number of hydrogen-bond acceptors (Lipinski definition) is 1. The molecule has 1 atom stereocenters. The SMILES string of the molecule is C.C.CCC(C)Oc1c2ccccc2cc2ccccc12. The summed E-state index contributed by atoms with van der Waals surface area (Å²) in [5.74, 6) is 1.02. The molecule has 0 aliphatic heterocycles. The van der Waals surface area contributed by atoms with Crippen molar-refractivity contribution in [2.45, 2.75) is 41.2 Å². The van der Waals surface area contributed by atoms with E-state index in [-0.39, 0.29) is 21.0 Å². The average Bonchev–Trinajstić information content (AvgIpc) is 2.46. The molecule has 21 heavy (non-hydrogen) atoms. The Labute approximate surface area is 128 Å². The first-order valence-corrected chi connectivity index (χ1v) is 6.86. The van der Waals surface area contributed by atoms with E-state index in [0.29, 0.717) is 0 Å². The average molecular weight is 282 g/mol. The molecule has 1 heteroatoms. The molecule has 0 N–H and O–H groups in total. The Bertz CT molecular complexity index is 661. The van der Waals surface area contributed by atoms with Gasteiger partial charge in [-0.2, -0.15) is 0 Å². The van der Waals surface area contributed by atoms with Crippen molar-refractivity contribution in [3.63, 3.8) is 0 Å². The van der Waals surface area contributed by atoms with Gasteiger partial charge in [-0.3, -0.25) is 0 Å². The molecule has 1 unspecified atom stereocenters. The molecule has 0 heterocycles. The van der Waals surface area contributed by atoms with E-state index >= 15 is 0 Å². The lowest BCUT2D eigenvalue weighted by molar-refractivity contribution is 0.223. The van der Waals surface area contributed by atoms with Crippen LogP contribution in [0, 0.1) is 0 Å². The molecule has 0 amide bonds. The van der Waals surface area contributed by atoms with E-state index in [9.17, 15) is 0 Å². The summed E-state index contributed by atoms with van der Waals surface area (Å²) in [6.45, 7) is 4.27. The quantitative estimate of drug-likeness (QED) is 0.502. The van der Waals surface area contributed by atoms with Crippen molar-refractivity contribution in [3.8, 4) is 5.75 Å². The minimum Gasteiger partial charge on any atom is -0.489 e. The molecule has 0 saturated heterocycles. The molecule has 0 radical (unpaired) electrons. The maximum absolute atomic E-state index is 6.19. The smallest absolute Gasteiger partial charge is 0.135 e. The third-order valence-electron chi connectivity index (χ3n) is 3.62. The molecule has 112 valence electrons. The molecule has 3 rings (SSSR count). The molecule has 0 aliphatic rings. The van der Waals surface area contributed by atoms with Gasteiger partial charge in [0.1, 0.15) is 5.75 Å². The fourth-order valence-corrected chi connectivity index (χ4v) is 2.38. The Kier molecular flexibility index (Phi) is 5.78. The molecule has 0 fully saturated rings. The number of rotatable bonds is 3. The molecule has 1 nitrogen and oxygen atoms in total. The zero-order valence-corrected chi connectivity index (χ0v) is 11.4. The second kappa shape index (κ2) is 7.12. The van der Waals surface area contributed by atoms with Crippen LogP contribution in [0.4, 0.5) is 0 Å². The van der Waals surface area contributed by atoms with Gasteiger partial charge >= 0.3 is 0 Å². The van der Waals surface area contributed by atoms with Crippen LogP contribution in [0.1, 0.15) is 35.1 Å². The van der Waals surface area contributed by atoms with Crippen molar-refractivity contribution in [1.29, 1.82) is 0 Å². The summed E-state index contributed by atoms with van der Waals surface area (Å²) >= 11 is 0. The Morgan fingerprint density at radius 1 is 0.857 bits per heavy atom. The largest absolute Gasteiger partial charge is 0.489 e. The van der Waals surface area contributed by atoms with Crippen LogP contribution < -0.4 is 4.74 Å². The molecular formula is C20H26O. The molecule has 0 saturated carbocycles. The van der Waals surface area contributed by atoms with Crippen LogP contribution in [0.3, 0.4) is 0 Å². The topological polar surface area (TPSA) is 9.23 Å². The van der Waals surface area contributed by atoms with Gasteiger partial charge in [0.2, 0.25) is 0 Å². The Morgan fingerprint density at radius 2 is 1.33 bits per heavy atom. The number of ether oxygens (including phenoxy) is 1. The maximum atomic E-state index is 6.19. The second-order valence-electron chi connectivity index (χ2n) is 4.98. The van der Waals surface area contributed by atoms with Crippen LogP contribution in [0.25, 0.3) is 21.5 Å². The predicted octanol–water partition coefficient (Wildman–Crippen LogP) is 6.44. The lowest BCUT2D eigenvalue weighted by atomic mass is 10.0. The first-order valence-electron chi connectivity index (χ1n) is 6.86. The van der Waals surface area contributed by atoms with Crippen molar-refractivity contribution < 1.29 is 4.74 Å². The summed E-state index contributed by atoms with van der Waals surface area (Å²) in [6.07, 6.45) is 1.24. The molecule has 0 spiro atoms. The van der Waals surface area contributed by atoms with E-state index in [1.54, 1.807) is 0 Å². The molecule has 0 aromatic heterocycles. The molecule has 0 aliphatic carbocycles. The van der Waals surface area contributed by atoms with E-state index in [1.165, 1.54) is 21.5 Å². The Morgan fingerprint density at radius 3 is 1.81 bits per heavy atom. The third kappa shape index (κ3) is 3.18. The van der Waals surface area contributed by atoms with Crippen molar-refractivity contribution in [1.82, 2.24) is 0 Å². The van der Waals surface area contributed by atoms with Crippen LogP contribution in [0.15, 0.2) is 54.6 Å². The summed E-state index contributed by atoms with van der Waals surface area (Å²) < 4.78 is 6.19. The molecule has 3 aromatic carbocycles. The molecular weight excluding hydrogens is 256 g/mol. The van der Waals surface area contributed by atoms with Gasteiger partial charge in [0.05, 0.1) is 6.10 Å². The fraction of sp³-hybridized carbons (Fsp3) is 0.300. The minimum absolute atomic E-state index is 0. The van der Waals surface area contributed by atoms with Gasteiger partial charge in [-0.05, 0) is 30.2 Å². The maximum Gasteiger partial charge on any atom is 0.135 e. The molecule has 0 bridgehead atoms. The third-order valence-corrected chi connectivity index (χ3v) is 3.62. The van der Waals surface area contributed by atoms with Crippen LogP contribution in [0.2, 0.25) is 0 Å². The van der Waals surface area contributed by atoms with Crippen molar-refractivity contribution in [3.05, 3.63) is 54.6 Å². The lowest BCUT2D eigenvalue weighted by Gasteiger charge is -2.17. The van der Waals surface area contributed by atoms with Gasteiger partial charge in [0.25, 0.3) is 0 Å². The van der Waals surface area contributed by atoms with Crippen molar-refractivity contribution >= 4 is 21.5 Å². The number of benzene rings is 3. The summed E-state index contributed by atoms with van der Waals surface area (Å²) in [4.78, 5) is 0. The fourth-order valence-electron chi connectivity index (χ4n) is 2.38. The second-order valence-corrected chi connectivity index (χ2v) is 4.98. The van der Waals surface area contributed by atoms with Gasteiger partial charge in [0.15, 0.2) is 0 Å². The van der Waals surface area contributed by atoms with E-state index in [2.05, 4.69) is 68.4 Å². The highest BCUT2D eigenvalue weighted by atomic mass is 16.5. The van der Waals surface area contributed by atoms with E-state index in [4.69, 9.17) is 4.74 Å². The lowest BCUT2D eigenvalue weighted by Crippen LogP contribution is -2.10. The van der Waals surface area contributed by atoms with Crippen LogP contribution in [-0.2, 0) is 0 Å². The highest BCUT2D eigenvalue weighted by molar-refractivity contribution is 6.05. The zero-order chi connectivity index (χ0) is 13.2. The van der Waals surface area contributed by atoms with Crippen molar-refractivity contribution in [2.75, 3.05) is 0 Å². The van der Waals surface area contributed by atoms with Gasteiger partial charge in [-0.1, -0.05) is 70.3 Å². The van der Waals surface area contributed by atoms with Crippen LogP contribution >= 0.6 is 0 Å². The summed E-state index contributed by atoms with van der Waals surface area (Å²) in [6, 6.07) is 19.1. The van der Waals surface area contributed by atoms with Gasteiger partial charge in [-0.15, -0.1) is 0 Å². The van der Waals surface area contributed by atoms with Crippen LogP contribution in [-0.4, -0.2) is 6.10 Å². The molecule has 3 aromatic rings. The van der Waals surface area contributed by atoms with Gasteiger partial charge < -0.3 is 4.74 Å². The first-order chi connectivity index (χ1) is 9.29. The minimum atomic E-state index is 0. The van der Waals surface area contributed by atoms with Crippen molar-refractivity contribution in [2.24, 2.45) is 0 Å². The predicted molar refractivity (Wildman–Crippen MR) is 95.3 cm³/mol. The number of hydrogen-bond donors (Lipinski definition) is 0. The Hall–Kier alpha value is -2.02. The summed E-state index contributed by atoms with van der Waals surface area (Å²) in [5, 5.41) is 4.86. The van der Waals surface area contributed by atoms with Gasteiger partial charge in [-0.25, -0.2) is 0 Å².